The molecule has 1 aliphatic heterocycles. The molecule has 0 bridgehead atoms. The van der Waals surface area contributed by atoms with E-state index in [1.54, 1.807) is 0 Å². The predicted octanol–water partition coefficient (Wildman–Crippen LogP) is 0.167. The van der Waals surface area contributed by atoms with Crippen LogP contribution in [0, 0.1) is 0 Å². The van der Waals surface area contributed by atoms with Gasteiger partial charge >= 0.3 is 6.01 Å². The van der Waals surface area contributed by atoms with Crippen LogP contribution in [-0.2, 0) is 16.4 Å². The molecule has 0 spiro atoms. The average Bonchev–Trinajstić information content (AvgIpc) is 2.83. The molecule has 18 heavy (non-hydrogen) atoms. The normalized spacial score (nSPS) is 22.5. The van der Waals surface area contributed by atoms with Crippen LogP contribution in [0.15, 0.2) is 4.42 Å². The third-order valence-electron chi connectivity index (χ3n) is 2.69. The molecule has 1 fully saturated rings. The number of rotatable bonds is 5. The van der Waals surface area contributed by atoms with Gasteiger partial charge in [0.05, 0.1) is 18.1 Å². The highest BCUT2D eigenvalue weighted by Crippen LogP contribution is 2.16. The molecule has 2 rings (SSSR count). The number of hydrogen-bond acceptors (Lipinski definition) is 7. The number of sulfone groups is 1. The molecule has 1 unspecified atom stereocenters. The van der Waals surface area contributed by atoms with Gasteiger partial charge in [0.2, 0.25) is 5.89 Å². The van der Waals surface area contributed by atoms with Crippen molar-refractivity contribution in [2.45, 2.75) is 38.9 Å². The van der Waals surface area contributed by atoms with E-state index in [-0.39, 0.29) is 23.6 Å². The maximum atomic E-state index is 11.3. The minimum atomic E-state index is -2.89. The van der Waals surface area contributed by atoms with Gasteiger partial charge in [-0.1, -0.05) is 18.9 Å². The SMILES string of the molecule is CC(C)NCc1nnc(NC2CCS(=O)(=O)C2)o1. The Morgan fingerprint density at radius 2 is 2.22 bits per heavy atom. The number of anilines is 1. The summed E-state index contributed by atoms with van der Waals surface area (Å²) in [5, 5.41) is 13.8. The van der Waals surface area contributed by atoms with E-state index in [1.165, 1.54) is 0 Å². The lowest BCUT2D eigenvalue weighted by Crippen LogP contribution is -2.22. The maximum absolute atomic E-state index is 11.3. The molecule has 102 valence electrons. The Kier molecular flexibility index (Phi) is 3.86. The van der Waals surface area contributed by atoms with E-state index in [1.807, 2.05) is 13.8 Å². The van der Waals surface area contributed by atoms with E-state index in [0.29, 0.717) is 24.9 Å². The molecule has 2 N–H and O–H groups in total. The van der Waals surface area contributed by atoms with E-state index in [0.717, 1.165) is 0 Å². The largest absolute Gasteiger partial charge is 0.407 e. The van der Waals surface area contributed by atoms with Crippen molar-refractivity contribution in [1.82, 2.24) is 15.5 Å². The standard InChI is InChI=1S/C10H18N4O3S/c1-7(2)11-5-9-13-14-10(17-9)12-8-3-4-18(15,16)6-8/h7-8,11H,3-6H2,1-2H3,(H,12,14). The summed E-state index contributed by atoms with van der Waals surface area (Å²) in [7, 11) is -2.89. The summed E-state index contributed by atoms with van der Waals surface area (Å²) in [6.07, 6.45) is 0.588. The van der Waals surface area contributed by atoms with Gasteiger partial charge in [0.15, 0.2) is 9.84 Å². The molecule has 7 nitrogen and oxygen atoms in total. The van der Waals surface area contributed by atoms with Crippen molar-refractivity contribution in [2.24, 2.45) is 0 Å². The highest BCUT2D eigenvalue weighted by molar-refractivity contribution is 7.91. The fourth-order valence-corrected chi connectivity index (χ4v) is 3.43. The zero-order chi connectivity index (χ0) is 13.2. The quantitative estimate of drug-likeness (QED) is 0.789. The van der Waals surface area contributed by atoms with Crippen molar-refractivity contribution in [3.63, 3.8) is 0 Å². The number of nitrogens with one attached hydrogen (secondary N) is 2. The van der Waals surface area contributed by atoms with Crippen molar-refractivity contribution in [2.75, 3.05) is 16.8 Å². The summed E-state index contributed by atoms with van der Waals surface area (Å²) < 4.78 is 28.0. The summed E-state index contributed by atoms with van der Waals surface area (Å²) in [5.41, 5.74) is 0. The summed E-state index contributed by atoms with van der Waals surface area (Å²) in [6, 6.07) is 0.507. The minimum Gasteiger partial charge on any atom is -0.407 e. The van der Waals surface area contributed by atoms with Crippen molar-refractivity contribution < 1.29 is 12.8 Å². The summed E-state index contributed by atoms with van der Waals surface area (Å²) in [5.74, 6) is 0.849. The first-order chi connectivity index (χ1) is 8.44. The van der Waals surface area contributed by atoms with Crippen LogP contribution >= 0.6 is 0 Å². The highest BCUT2D eigenvalue weighted by Gasteiger charge is 2.28. The molecule has 1 aliphatic rings. The van der Waals surface area contributed by atoms with Gasteiger partial charge in [0.1, 0.15) is 0 Å². The molecule has 0 radical (unpaired) electrons. The van der Waals surface area contributed by atoms with E-state index in [4.69, 9.17) is 4.42 Å². The van der Waals surface area contributed by atoms with Gasteiger partial charge in [-0.15, -0.1) is 5.10 Å². The Bertz CT molecular complexity index is 497. The molecule has 0 aliphatic carbocycles. The van der Waals surface area contributed by atoms with Crippen LogP contribution in [0.3, 0.4) is 0 Å². The Hall–Kier alpha value is -1.15. The minimum absolute atomic E-state index is 0.124. The van der Waals surface area contributed by atoms with Crippen LogP contribution in [0.2, 0.25) is 0 Å². The molecule has 1 aromatic heterocycles. The molecule has 0 amide bonds. The van der Waals surface area contributed by atoms with E-state index < -0.39 is 9.84 Å². The Labute approximate surface area is 106 Å². The smallest absolute Gasteiger partial charge is 0.315 e. The van der Waals surface area contributed by atoms with E-state index in [2.05, 4.69) is 20.8 Å². The van der Waals surface area contributed by atoms with Crippen molar-refractivity contribution in [1.29, 1.82) is 0 Å². The monoisotopic (exact) mass is 274 g/mol. The van der Waals surface area contributed by atoms with Crippen LogP contribution in [0.1, 0.15) is 26.2 Å². The van der Waals surface area contributed by atoms with Gasteiger partial charge in [0.25, 0.3) is 0 Å². The first-order valence-electron chi connectivity index (χ1n) is 5.97. The Balaban J connectivity index is 1.87. The Morgan fingerprint density at radius 3 is 2.83 bits per heavy atom. The van der Waals surface area contributed by atoms with Crippen LogP contribution in [0.4, 0.5) is 6.01 Å². The van der Waals surface area contributed by atoms with E-state index >= 15 is 0 Å². The fourth-order valence-electron chi connectivity index (χ4n) is 1.76. The predicted molar refractivity (Wildman–Crippen MR) is 67.0 cm³/mol. The maximum Gasteiger partial charge on any atom is 0.315 e. The lowest BCUT2D eigenvalue weighted by atomic mass is 10.3. The van der Waals surface area contributed by atoms with Gasteiger partial charge < -0.3 is 15.1 Å². The van der Waals surface area contributed by atoms with Crippen molar-refractivity contribution in [3.8, 4) is 0 Å². The number of nitrogens with zero attached hydrogens (tertiary/aromatic N) is 2. The third kappa shape index (κ3) is 3.67. The molecule has 1 atom stereocenters. The fraction of sp³-hybridized carbons (Fsp3) is 0.800. The second-order valence-electron chi connectivity index (χ2n) is 4.78. The topological polar surface area (TPSA) is 97.1 Å². The second kappa shape index (κ2) is 5.23. The molecule has 8 heteroatoms. The second-order valence-corrected chi connectivity index (χ2v) is 7.01. The van der Waals surface area contributed by atoms with Gasteiger partial charge in [-0.25, -0.2) is 8.42 Å². The molecule has 0 saturated carbocycles. The molecular weight excluding hydrogens is 256 g/mol. The van der Waals surface area contributed by atoms with Crippen LogP contribution < -0.4 is 10.6 Å². The first-order valence-corrected chi connectivity index (χ1v) is 7.79. The number of aromatic nitrogens is 2. The van der Waals surface area contributed by atoms with Crippen molar-refractivity contribution in [3.05, 3.63) is 5.89 Å². The zero-order valence-corrected chi connectivity index (χ0v) is 11.3. The van der Waals surface area contributed by atoms with Crippen molar-refractivity contribution >= 4 is 15.9 Å². The van der Waals surface area contributed by atoms with E-state index in [9.17, 15) is 8.42 Å². The first kappa shape index (κ1) is 13.3. The van der Waals surface area contributed by atoms with Gasteiger partial charge in [-0.05, 0) is 6.42 Å². The summed E-state index contributed by atoms with van der Waals surface area (Å²) in [6.45, 7) is 4.56. The summed E-state index contributed by atoms with van der Waals surface area (Å²) in [4.78, 5) is 0. The molecule has 2 heterocycles. The zero-order valence-electron chi connectivity index (χ0n) is 10.5. The number of hydrogen-bond donors (Lipinski definition) is 2. The van der Waals surface area contributed by atoms with Crippen LogP contribution in [0.25, 0.3) is 0 Å². The average molecular weight is 274 g/mol. The molecule has 1 saturated heterocycles. The molecular formula is C10H18N4O3S. The lowest BCUT2D eigenvalue weighted by Gasteiger charge is -2.07. The lowest BCUT2D eigenvalue weighted by molar-refractivity contribution is 0.456. The highest BCUT2D eigenvalue weighted by atomic mass is 32.2. The Morgan fingerprint density at radius 1 is 1.44 bits per heavy atom. The van der Waals surface area contributed by atoms with Crippen LogP contribution in [-0.4, -0.2) is 42.2 Å². The third-order valence-corrected chi connectivity index (χ3v) is 4.46. The van der Waals surface area contributed by atoms with Gasteiger partial charge in [-0.3, -0.25) is 0 Å². The van der Waals surface area contributed by atoms with Crippen LogP contribution in [0.5, 0.6) is 0 Å². The molecule has 1 aromatic rings. The summed E-state index contributed by atoms with van der Waals surface area (Å²) >= 11 is 0. The molecule has 0 aromatic carbocycles. The van der Waals surface area contributed by atoms with Gasteiger partial charge in [0, 0.05) is 12.1 Å². The van der Waals surface area contributed by atoms with Gasteiger partial charge in [-0.2, -0.15) is 0 Å².